The van der Waals surface area contributed by atoms with E-state index in [1.165, 1.54) is 29.8 Å². The molecule has 0 unspecified atom stereocenters. The monoisotopic (exact) mass is 324 g/mol. The van der Waals surface area contributed by atoms with E-state index in [4.69, 9.17) is 0 Å². The molecule has 1 N–H and O–H groups in total. The van der Waals surface area contributed by atoms with Crippen LogP contribution in [0.5, 0.6) is 0 Å². The van der Waals surface area contributed by atoms with E-state index in [1.54, 1.807) is 0 Å². The third-order valence-corrected chi connectivity index (χ3v) is 4.70. The number of aryl methyl sites for hydroxylation is 1. The molecule has 0 amide bonds. The summed E-state index contributed by atoms with van der Waals surface area (Å²) in [6.07, 6.45) is 6.38. The van der Waals surface area contributed by atoms with Crippen molar-refractivity contribution in [3.05, 3.63) is 53.6 Å². The highest BCUT2D eigenvalue weighted by molar-refractivity contribution is 5.45. The van der Waals surface area contributed by atoms with E-state index in [-0.39, 0.29) is 0 Å². The van der Waals surface area contributed by atoms with Gasteiger partial charge in [0.05, 0.1) is 11.9 Å². The molecular weight excluding hydrogens is 296 g/mol. The van der Waals surface area contributed by atoms with Gasteiger partial charge in [-0.2, -0.15) is 0 Å². The third kappa shape index (κ3) is 4.32. The molecule has 1 atom stereocenters. The Hall–Kier alpha value is -1.94. The van der Waals surface area contributed by atoms with Gasteiger partial charge in [-0.3, -0.25) is 9.97 Å². The minimum Gasteiger partial charge on any atom is -0.369 e. The number of rotatable bonds is 5. The van der Waals surface area contributed by atoms with Gasteiger partial charge in [0.15, 0.2) is 0 Å². The number of anilines is 1. The first kappa shape index (κ1) is 16.9. The van der Waals surface area contributed by atoms with Gasteiger partial charge in [0.2, 0.25) is 0 Å². The Morgan fingerprint density at radius 1 is 1.25 bits per heavy atom. The molecule has 1 aliphatic heterocycles. The number of aromatic nitrogens is 2. The summed E-state index contributed by atoms with van der Waals surface area (Å²) in [5.74, 6) is 0.485. The lowest BCUT2D eigenvalue weighted by atomic mass is 10.0. The minimum absolute atomic E-state index is 0.485. The highest BCUT2D eigenvalue weighted by Gasteiger charge is 2.20. The minimum atomic E-state index is 0.485. The predicted molar refractivity (Wildman–Crippen MR) is 99.4 cm³/mol. The molecule has 0 radical (unpaired) electrons. The molecule has 24 heavy (non-hydrogen) atoms. The fraction of sp³-hybridized carbons (Fsp3) is 0.500. The van der Waals surface area contributed by atoms with Gasteiger partial charge in [-0.1, -0.05) is 13.8 Å². The van der Waals surface area contributed by atoms with Crippen molar-refractivity contribution in [1.29, 1.82) is 0 Å². The van der Waals surface area contributed by atoms with Gasteiger partial charge in [-0.05, 0) is 55.5 Å². The van der Waals surface area contributed by atoms with Gasteiger partial charge < -0.3 is 10.2 Å². The Balaban J connectivity index is 1.57. The van der Waals surface area contributed by atoms with Crippen molar-refractivity contribution in [2.45, 2.75) is 52.1 Å². The SMILES string of the molecule is Cc1cc(CN[C@H]2CCCN(c3ccc(C(C)C)nc3)C2)ccn1. The average molecular weight is 324 g/mol. The zero-order valence-corrected chi connectivity index (χ0v) is 15.0. The Kier molecular flexibility index (Phi) is 5.46. The first-order chi connectivity index (χ1) is 11.6. The van der Waals surface area contributed by atoms with Gasteiger partial charge in [-0.15, -0.1) is 0 Å². The second-order valence-electron chi connectivity index (χ2n) is 7.07. The molecule has 0 spiro atoms. The van der Waals surface area contributed by atoms with E-state index in [2.05, 4.69) is 58.3 Å². The standard InChI is InChI=1S/C20H28N4/c1-15(2)20-7-6-19(13-23-20)24-10-4-5-18(14-24)22-12-17-8-9-21-16(3)11-17/h6-9,11,13,15,18,22H,4-5,10,12,14H2,1-3H3/t18-/m0/s1. The zero-order chi connectivity index (χ0) is 16.9. The summed E-state index contributed by atoms with van der Waals surface area (Å²) in [5.41, 5.74) is 4.79. The van der Waals surface area contributed by atoms with Crippen molar-refractivity contribution < 1.29 is 0 Å². The van der Waals surface area contributed by atoms with Crippen LogP contribution in [0.2, 0.25) is 0 Å². The van der Waals surface area contributed by atoms with Crippen LogP contribution in [0.4, 0.5) is 5.69 Å². The molecular formula is C20H28N4. The second-order valence-corrected chi connectivity index (χ2v) is 7.07. The van der Waals surface area contributed by atoms with E-state index >= 15 is 0 Å². The van der Waals surface area contributed by atoms with Crippen LogP contribution in [0.25, 0.3) is 0 Å². The van der Waals surface area contributed by atoms with Gasteiger partial charge in [0.25, 0.3) is 0 Å². The highest BCUT2D eigenvalue weighted by Crippen LogP contribution is 2.21. The lowest BCUT2D eigenvalue weighted by Gasteiger charge is -2.35. The molecule has 4 heteroatoms. The van der Waals surface area contributed by atoms with E-state index in [0.29, 0.717) is 12.0 Å². The van der Waals surface area contributed by atoms with Crippen molar-refractivity contribution >= 4 is 5.69 Å². The molecule has 4 nitrogen and oxygen atoms in total. The molecule has 0 aromatic carbocycles. The lowest BCUT2D eigenvalue weighted by Crippen LogP contribution is -2.45. The van der Waals surface area contributed by atoms with E-state index in [9.17, 15) is 0 Å². The smallest absolute Gasteiger partial charge is 0.0553 e. The summed E-state index contributed by atoms with van der Waals surface area (Å²) in [4.78, 5) is 11.3. The number of piperidine rings is 1. The van der Waals surface area contributed by atoms with Crippen LogP contribution >= 0.6 is 0 Å². The van der Waals surface area contributed by atoms with E-state index in [0.717, 1.165) is 25.3 Å². The summed E-state index contributed by atoms with van der Waals surface area (Å²) in [7, 11) is 0. The van der Waals surface area contributed by atoms with Gasteiger partial charge in [-0.25, -0.2) is 0 Å². The Labute approximate surface area is 145 Å². The van der Waals surface area contributed by atoms with Crippen LogP contribution in [-0.2, 0) is 6.54 Å². The van der Waals surface area contributed by atoms with Crippen molar-refractivity contribution in [3.63, 3.8) is 0 Å². The summed E-state index contributed by atoms with van der Waals surface area (Å²) in [6.45, 7) is 9.49. The Bertz CT molecular complexity index is 651. The highest BCUT2D eigenvalue weighted by atomic mass is 15.2. The number of hydrogen-bond acceptors (Lipinski definition) is 4. The number of pyridine rings is 2. The molecule has 3 rings (SSSR count). The van der Waals surface area contributed by atoms with Crippen LogP contribution in [-0.4, -0.2) is 29.1 Å². The average Bonchev–Trinajstić information content (AvgIpc) is 2.60. The predicted octanol–water partition coefficient (Wildman–Crippen LogP) is 3.67. The third-order valence-electron chi connectivity index (χ3n) is 4.70. The second kappa shape index (κ2) is 7.75. The van der Waals surface area contributed by atoms with Gasteiger partial charge in [0, 0.05) is 43.3 Å². The molecule has 1 aliphatic rings. The fourth-order valence-electron chi connectivity index (χ4n) is 3.28. The lowest BCUT2D eigenvalue weighted by molar-refractivity contribution is 0.421. The fourth-order valence-corrected chi connectivity index (χ4v) is 3.28. The van der Waals surface area contributed by atoms with Gasteiger partial charge >= 0.3 is 0 Å². The summed E-state index contributed by atoms with van der Waals surface area (Å²) >= 11 is 0. The van der Waals surface area contributed by atoms with Gasteiger partial charge in [0.1, 0.15) is 0 Å². The van der Waals surface area contributed by atoms with Crippen LogP contribution in [0, 0.1) is 6.92 Å². The summed E-state index contributed by atoms with van der Waals surface area (Å²) in [6, 6.07) is 9.15. The van der Waals surface area contributed by atoms with Crippen LogP contribution in [0.3, 0.4) is 0 Å². The van der Waals surface area contributed by atoms with Crippen LogP contribution < -0.4 is 10.2 Å². The zero-order valence-electron chi connectivity index (χ0n) is 15.0. The summed E-state index contributed by atoms with van der Waals surface area (Å²) < 4.78 is 0. The van der Waals surface area contributed by atoms with Crippen LogP contribution in [0.15, 0.2) is 36.7 Å². The normalized spacial score (nSPS) is 18.2. The number of hydrogen-bond donors (Lipinski definition) is 1. The molecule has 2 aromatic rings. The summed E-state index contributed by atoms with van der Waals surface area (Å²) in [5, 5.41) is 3.70. The Morgan fingerprint density at radius 3 is 2.83 bits per heavy atom. The first-order valence-corrected chi connectivity index (χ1v) is 8.97. The topological polar surface area (TPSA) is 41.0 Å². The molecule has 1 fully saturated rings. The number of nitrogens with one attached hydrogen (secondary N) is 1. The molecule has 0 bridgehead atoms. The van der Waals surface area contributed by atoms with E-state index in [1.807, 2.05) is 19.3 Å². The quantitative estimate of drug-likeness (QED) is 0.911. The maximum atomic E-state index is 4.61. The molecule has 128 valence electrons. The van der Waals surface area contributed by atoms with Crippen molar-refractivity contribution in [3.8, 4) is 0 Å². The molecule has 2 aromatic heterocycles. The molecule has 0 aliphatic carbocycles. The maximum absolute atomic E-state index is 4.61. The number of nitrogens with zero attached hydrogens (tertiary/aromatic N) is 3. The molecule has 3 heterocycles. The molecule has 0 saturated carbocycles. The van der Waals surface area contributed by atoms with E-state index < -0.39 is 0 Å². The molecule has 1 saturated heterocycles. The van der Waals surface area contributed by atoms with Crippen LogP contribution in [0.1, 0.15) is 49.6 Å². The van der Waals surface area contributed by atoms with Crippen molar-refractivity contribution in [1.82, 2.24) is 15.3 Å². The largest absolute Gasteiger partial charge is 0.369 e. The maximum Gasteiger partial charge on any atom is 0.0553 e. The Morgan fingerprint density at radius 2 is 2.12 bits per heavy atom. The van der Waals surface area contributed by atoms with Crippen molar-refractivity contribution in [2.75, 3.05) is 18.0 Å². The first-order valence-electron chi connectivity index (χ1n) is 8.97. The van der Waals surface area contributed by atoms with Crippen molar-refractivity contribution in [2.24, 2.45) is 0 Å².